The molecule has 1 radical (unpaired) electrons. The number of hydrogen-bond acceptors (Lipinski definition) is 3. The summed E-state index contributed by atoms with van der Waals surface area (Å²) in [5, 5.41) is 3.50. The monoisotopic (exact) mass is 700 g/mol. The van der Waals surface area contributed by atoms with E-state index in [0.29, 0.717) is 5.92 Å². The minimum atomic E-state index is 0. The van der Waals surface area contributed by atoms with E-state index in [-0.39, 0.29) is 25.5 Å². The number of hydrogen-bond donors (Lipinski definition) is 0. The van der Waals surface area contributed by atoms with E-state index < -0.39 is 0 Å². The van der Waals surface area contributed by atoms with Gasteiger partial charge >= 0.3 is 0 Å². The Labute approximate surface area is 251 Å². The third kappa shape index (κ3) is 6.70. The Morgan fingerprint density at radius 1 is 0.725 bits per heavy atom. The molecule has 40 heavy (non-hydrogen) atoms. The van der Waals surface area contributed by atoms with Crippen molar-refractivity contribution in [2.45, 2.75) is 46.0 Å². The van der Waals surface area contributed by atoms with Gasteiger partial charge in [-0.15, -0.1) is 69.9 Å². The molecule has 0 unspecified atom stereocenters. The Morgan fingerprint density at radius 2 is 1.45 bits per heavy atom. The summed E-state index contributed by atoms with van der Waals surface area (Å²) < 4.78 is 0. The zero-order valence-corrected chi connectivity index (χ0v) is 26.0. The van der Waals surface area contributed by atoms with Crippen molar-refractivity contribution in [1.29, 1.82) is 0 Å². The van der Waals surface area contributed by atoms with Gasteiger partial charge in [0.1, 0.15) is 0 Å². The summed E-state index contributed by atoms with van der Waals surface area (Å²) in [5.74, 6) is 1.16. The summed E-state index contributed by atoms with van der Waals surface area (Å²) in [6.45, 7) is 10.9. The predicted molar refractivity (Wildman–Crippen MR) is 163 cm³/mol. The van der Waals surface area contributed by atoms with Crippen LogP contribution in [-0.4, -0.2) is 15.0 Å². The summed E-state index contributed by atoms with van der Waals surface area (Å²) in [6, 6.07) is 35.7. The number of aromatic nitrogens is 3. The molecule has 0 aliphatic rings. The molecule has 203 valence electrons. The fourth-order valence-corrected chi connectivity index (χ4v) is 4.41. The molecule has 0 spiro atoms. The molecular formula is C36H33IrN3-2. The second kappa shape index (κ2) is 12.6. The smallest absolute Gasteiger partial charge is 0.0748 e. The maximum Gasteiger partial charge on any atom is 0.0748 e. The molecule has 0 bridgehead atoms. The van der Waals surface area contributed by atoms with Gasteiger partial charge in [-0.05, 0) is 39.4 Å². The molecule has 0 atom stereocenters. The van der Waals surface area contributed by atoms with E-state index in [2.05, 4.69) is 116 Å². The Kier molecular flexibility index (Phi) is 9.24. The van der Waals surface area contributed by atoms with Gasteiger partial charge in [-0.1, -0.05) is 83.1 Å². The van der Waals surface area contributed by atoms with Gasteiger partial charge in [0.15, 0.2) is 0 Å². The van der Waals surface area contributed by atoms with Gasteiger partial charge in [-0.2, -0.15) is 0 Å². The van der Waals surface area contributed by atoms with Crippen molar-refractivity contribution in [3.8, 4) is 22.5 Å². The molecule has 0 aliphatic heterocycles. The van der Waals surface area contributed by atoms with Gasteiger partial charge in [0.05, 0.1) is 5.82 Å². The minimum absolute atomic E-state index is 0. The van der Waals surface area contributed by atoms with Crippen LogP contribution in [0.4, 0.5) is 0 Å². The van der Waals surface area contributed by atoms with Crippen LogP contribution in [0.1, 0.15) is 51.7 Å². The zero-order chi connectivity index (χ0) is 27.4. The maximum absolute atomic E-state index is 4.47. The van der Waals surface area contributed by atoms with E-state index in [0.717, 1.165) is 33.4 Å². The predicted octanol–water partition coefficient (Wildman–Crippen LogP) is 9.22. The average Bonchev–Trinajstić information content (AvgIpc) is 2.97. The second-order valence-corrected chi connectivity index (χ2v) is 11.1. The quantitative estimate of drug-likeness (QED) is 0.137. The molecule has 4 aromatic carbocycles. The first-order valence-corrected chi connectivity index (χ1v) is 13.4. The van der Waals surface area contributed by atoms with Crippen LogP contribution in [-0.2, 0) is 25.5 Å². The summed E-state index contributed by atoms with van der Waals surface area (Å²) >= 11 is 0. The topological polar surface area (TPSA) is 38.7 Å². The molecule has 0 saturated carbocycles. The van der Waals surface area contributed by atoms with Crippen LogP contribution >= 0.6 is 0 Å². The van der Waals surface area contributed by atoms with Crippen LogP contribution in [0, 0.1) is 12.1 Å². The van der Waals surface area contributed by atoms with E-state index in [1.165, 1.54) is 21.9 Å². The van der Waals surface area contributed by atoms with E-state index in [4.69, 9.17) is 0 Å². The van der Waals surface area contributed by atoms with Gasteiger partial charge < -0.3 is 4.98 Å². The van der Waals surface area contributed by atoms with Crippen molar-refractivity contribution in [3.05, 3.63) is 127 Å². The number of pyridine rings is 1. The molecule has 6 rings (SSSR count). The van der Waals surface area contributed by atoms with Gasteiger partial charge in [0.2, 0.25) is 0 Å². The summed E-state index contributed by atoms with van der Waals surface area (Å²) in [4.78, 5) is 13.4. The zero-order valence-electron chi connectivity index (χ0n) is 23.6. The Morgan fingerprint density at radius 3 is 2.15 bits per heavy atom. The largest absolute Gasteiger partial charge is 0.304 e. The van der Waals surface area contributed by atoms with E-state index in [1.807, 2.05) is 48.9 Å². The molecule has 2 heterocycles. The van der Waals surface area contributed by atoms with E-state index in [9.17, 15) is 0 Å². The number of rotatable bonds is 3. The van der Waals surface area contributed by atoms with Crippen LogP contribution in [0.25, 0.3) is 44.2 Å². The molecule has 0 saturated heterocycles. The van der Waals surface area contributed by atoms with E-state index >= 15 is 0 Å². The van der Waals surface area contributed by atoms with Crippen molar-refractivity contribution in [3.63, 3.8) is 0 Å². The van der Waals surface area contributed by atoms with Crippen molar-refractivity contribution < 1.29 is 20.1 Å². The van der Waals surface area contributed by atoms with Crippen molar-refractivity contribution in [2.24, 2.45) is 0 Å². The third-order valence-corrected chi connectivity index (χ3v) is 6.84. The van der Waals surface area contributed by atoms with Gasteiger partial charge in [0.25, 0.3) is 0 Å². The molecular weight excluding hydrogens is 667 g/mol. The standard InChI is InChI=1S/C19H17N2.C17H16N.Ir/c1-14(2)18-12-20-19(21-13-18)17-10-6-9-16(11-17)15-7-4-3-5-8-15;1-17(2,3)14-8-9-15-13(11-14)7-6-12-5-4-10-18-16(12)15;/h3-9,11-14H,1-2H3;4-8,10-11H,1-3H3;/q2*-1;. The maximum atomic E-state index is 4.47. The number of benzene rings is 4. The molecule has 0 aliphatic carbocycles. The summed E-state index contributed by atoms with van der Waals surface area (Å²) in [7, 11) is 0. The van der Waals surface area contributed by atoms with Crippen LogP contribution in [0.2, 0.25) is 0 Å². The Bertz CT molecular complexity index is 1700. The molecule has 3 nitrogen and oxygen atoms in total. The normalized spacial score (nSPS) is 11.2. The number of fused-ring (bicyclic) bond motifs is 3. The van der Waals surface area contributed by atoms with Crippen LogP contribution in [0.15, 0.2) is 104 Å². The molecule has 6 aromatic rings. The molecule has 2 aromatic heterocycles. The summed E-state index contributed by atoms with van der Waals surface area (Å²) in [6.07, 6.45) is 5.64. The molecule has 4 heteroatoms. The van der Waals surface area contributed by atoms with Gasteiger partial charge in [0, 0.05) is 38.7 Å². The van der Waals surface area contributed by atoms with Gasteiger partial charge in [-0.25, -0.2) is 0 Å². The van der Waals surface area contributed by atoms with Crippen LogP contribution in [0.3, 0.4) is 0 Å². The SMILES string of the molecule is CC(C)(C)c1c[c-]c2c(ccc3cccnc32)c1.CC(C)c1cnc(-c2[c-]ccc(-c3ccccc3)c2)nc1.[Ir]. The van der Waals surface area contributed by atoms with Crippen molar-refractivity contribution >= 4 is 21.7 Å². The summed E-state index contributed by atoms with van der Waals surface area (Å²) in [5.41, 5.74) is 6.92. The first kappa shape index (κ1) is 29.3. The number of nitrogens with zero attached hydrogens (tertiary/aromatic N) is 3. The first-order valence-electron chi connectivity index (χ1n) is 13.4. The Balaban J connectivity index is 0.000000182. The molecule has 0 fully saturated rings. The van der Waals surface area contributed by atoms with E-state index in [1.54, 1.807) is 0 Å². The Hall–Kier alpha value is -3.72. The molecule has 0 N–H and O–H groups in total. The van der Waals surface area contributed by atoms with Crippen LogP contribution < -0.4 is 0 Å². The minimum Gasteiger partial charge on any atom is -0.304 e. The first-order chi connectivity index (χ1) is 18.8. The molecule has 0 amide bonds. The second-order valence-electron chi connectivity index (χ2n) is 11.1. The van der Waals surface area contributed by atoms with Gasteiger partial charge in [-0.3, -0.25) is 9.97 Å². The van der Waals surface area contributed by atoms with Crippen molar-refractivity contribution in [1.82, 2.24) is 15.0 Å². The third-order valence-electron chi connectivity index (χ3n) is 6.84. The van der Waals surface area contributed by atoms with Crippen LogP contribution in [0.5, 0.6) is 0 Å². The van der Waals surface area contributed by atoms with Crippen molar-refractivity contribution in [2.75, 3.05) is 0 Å². The fourth-order valence-electron chi connectivity index (χ4n) is 4.41. The average molecular weight is 700 g/mol. The fraction of sp³-hybridized carbons (Fsp3) is 0.194.